The van der Waals surface area contributed by atoms with Crippen LogP contribution in [0.3, 0.4) is 0 Å². The molecule has 0 atom stereocenters. The van der Waals surface area contributed by atoms with Crippen molar-refractivity contribution in [3.8, 4) is 11.5 Å². The number of aryl methyl sites for hydroxylation is 1. The minimum absolute atomic E-state index is 0.284. The summed E-state index contributed by atoms with van der Waals surface area (Å²) in [4.78, 5) is 16.0. The molecule has 0 saturated carbocycles. The molecule has 1 N–H and O–H groups in total. The van der Waals surface area contributed by atoms with Crippen LogP contribution in [0.5, 0.6) is 0 Å². The van der Waals surface area contributed by atoms with Crippen molar-refractivity contribution in [3.63, 3.8) is 0 Å². The van der Waals surface area contributed by atoms with Crippen LogP contribution in [0, 0.1) is 6.92 Å². The van der Waals surface area contributed by atoms with Crippen molar-refractivity contribution in [2.45, 2.75) is 19.1 Å². The third-order valence-electron chi connectivity index (χ3n) is 3.52. The first-order valence-electron chi connectivity index (χ1n) is 7.99. The van der Waals surface area contributed by atoms with Gasteiger partial charge >= 0.3 is 0 Å². The van der Waals surface area contributed by atoms with E-state index in [1.807, 2.05) is 0 Å². The van der Waals surface area contributed by atoms with Crippen LogP contribution >= 0.6 is 11.6 Å². The maximum atomic E-state index is 12.3. The quantitative estimate of drug-likeness (QED) is 0.649. The molecule has 142 valence electrons. The second kappa shape index (κ2) is 9.16. The topological polar surface area (TPSA) is 98.5 Å². The smallest absolute Gasteiger partial charge is 0.235 e. The minimum Gasteiger partial charge on any atom is -0.441 e. The van der Waals surface area contributed by atoms with E-state index < -0.39 is 21.5 Å². The number of amides is 1. The van der Waals surface area contributed by atoms with E-state index in [1.165, 1.54) is 0 Å². The zero-order valence-corrected chi connectivity index (χ0v) is 16.2. The Balaban J connectivity index is 2.02. The molecule has 0 radical (unpaired) electrons. The Labute approximate surface area is 157 Å². The fraction of sp³-hybridized carbons (Fsp3) is 0.412. The molecule has 7 nitrogen and oxygen atoms in total. The highest BCUT2D eigenvalue weighted by atomic mass is 35.5. The fourth-order valence-electron chi connectivity index (χ4n) is 2.26. The number of ether oxygens (including phenoxy) is 1. The minimum atomic E-state index is -3.67. The standard InChI is InChI=1S/C17H21ClN2O5S/c1-12-15(20-17(25-12)13-5-3-6-14(18)9-13)10-26(22,23)11-16(21)19-7-4-8-24-2/h3,5-6,9H,4,7-8,10-11H2,1-2H3,(H,19,21). The van der Waals surface area contributed by atoms with Crippen LogP contribution in [-0.4, -0.2) is 45.3 Å². The predicted molar refractivity (Wildman–Crippen MR) is 98.7 cm³/mol. The number of halogens is 1. The van der Waals surface area contributed by atoms with Crippen LogP contribution in [0.15, 0.2) is 28.7 Å². The molecule has 9 heteroatoms. The molecule has 26 heavy (non-hydrogen) atoms. The molecular weight excluding hydrogens is 380 g/mol. The van der Waals surface area contributed by atoms with E-state index in [4.69, 9.17) is 20.8 Å². The van der Waals surface area contributed by atoms with Gasteiger partial charge in [0.05, 0.1) is 11.4 Å². The van der Waals surface area contributed by atoms with Crippen molar-refractivity contribution in [2.24, 2.45) is 0 Å². The molecule has 1 amide bonds. The summed E-state index contributed by atoms with van der Waals surface area (Å²) in [5, 5.41) is 3.08. The number of hydrogen-bond acceptors (Lipinski definition) is 6. The molecule has 0 spiro atoms. The van der Waals surface area contributed by atoms with Crippen molar-refractivity contribution < 1.29 is 22.4 Å². The summed E-state index contributed by atoms with van der Waals surface area (Å²) >= 11 is 5.95. The van der Waals surface area contributed by atoms with Crippen LogP contribution in [0.4, 0.5) is 0 Å². The Kier molecular flexibility index (Phi) is 7.19. The van der Waals surface area contributed by atoms with Crippen molar-refractivity contribution in [3.05, 3.63) is 40.7 Å². The largest absolute Gasteiger partial charge is 0.441 e. The highest BCUT2D eigenvalue weighted by Gasteiger charge is 2.22. The lowest BCUT2D eigenvalue weighted by molar-refractivity contribution is -0.118. The number of carbonyl (C=O) groups excluding carboxylic acids is 1. The van der Waals surface area contributed by atoms with E-state index in [2.05, 4.69) is 10.3 Å². The molecule has 0 bridgehead atoms. The molecule has 1 aromatic heterocycles. The van der Waals surface area contributed by atoms with E-state index in [9.17, 15) is 13.2 Å². The van der Waals surface area contributed by atoms with Crippen molar-refractivity contribution in [2.75, 3.05) is 26.0 Å². The summed E-state index contributed by atoms with van der Waals surface area (Å²) in [5.74, 6) is -0.826. The van der Waals surface area contributed by atoms with E-state index >= 15 is 0 Å². The molecule has 0 saturated heterocycles. The molecule has 0 aliphatic rings. The summed E-state index contributed by atoms with van der Waals surface area (Å²) in [5.41, 5.74) is 0.937. The van der Waals surface area contributed by atoms with Gasteiger partial charge in [-0.2, -0.15) is 0 Å². The first-order chi connectivity index (χ1) is 12.3. The second-order valence-corrected chi connectivity index (χ2v) is 8.26. The van der Waals surface area contributed by atoms with Crippen molar-refractivity contribution in [1.82, 2.24) is 10.3 Å². The van der Waals surface area contributed by atoms with Gasteiger partial charge in [-0.1, -0.05) is 17.7 Å². The number of rotatable bonds is 9. The number of methoxy groups -OCH3 is 1. The number of carbonyl (C=O) groups is 1. The fourth-order valence-corrected chi connectivity index (χ4v) is 3.74. The van der Waals surface area contributed by atoms with Gasteiger partial charge in [0.15, 0.2) is 9.84 Å². The number of sulfone groups is 1. The number of aromatic nitrogens is 1. The summed E-state index contributed by atoms with van der Waals surface area (Å²) in [6, 6.07) is 6.92. The highest BCUT2D eigenvalue weighted by molar-refractivity contribution is 7.91. The van der Waals surface area contributed by atoms with Crippen molar-refractivity contribution >= 4 is 27.3 Å². The molecular formula is C17H21ClN2O5S. The number of benzene rings is 1. The van der Waals surface area contributed by atoms with Gasteiger partial charge in [0.2, 0.25) is 11.8 Å². The van der Waals surface area contributed by atoms with Crippen molar-refractivity contribution in [1.29, 1.82) is 0 Å². The monoisotopic (exact) mass is 400 g/mol. The highest BCUT2D eigenvalue weighted by Crippen LogP contribution is 2.25. The molecule has 0 aliphatic carbocycles. The lowest BCUT2D eigenvalue weighted by Crippen LogP contribution is -2.32. The molecule has 2 aromatic rings. The Morgan fingerprint density at radius 1 is 1.38 bits per heavy atom. The van der Waals surface area contributed by atoms with Crippen LogP contribution in [0.2, 0.25) is 5.02 Å². The van der Waals surface area contributed by atoms with E-state index in [-0.39, 0.29) is 11.4 Å². The van der Waals surface area contributed by atoms with Gasteiger partial charge in [-0.05, 0) is 31.5 Å². The third kappa shape index (κ3) is 6.12. The van der Waals surface area contributed by atoms with Crippen LogP contribution in [0.25, 0.3) is 11.5 Å². The van der Waals surface area contributed by atoms with Gasteiger partial charge in [-0.25, -0.2) is 13.4 Å². The van der Waals surface area contributed by atoms with Crippen LogP contribution in [-0.2, 0) is 25.1 Å². The predicted octanol–water partition coefficient (Wildman–Crippen LogP) is 2.37. The average molecular weight is 401 g/mol. The summed E-state index contributed by atoms with van der Waals surface area (Å²) in [6.45, 7) is 2.50. The second-order valence-electron chi connectivity index (χ2n) is 5.76. The maximum absolute atomic E-state index is 12.3. The van der Waals surface area contributed by atoms with Crippen LogP contribution in [0.1, 0.15) is 17.9 Å². The van der Waals surface area contributed by atoms with Gasteiger partial charge in [0.25, 0.3) is 0 Å². The first-order valence-corrected chi connectivity index (χ1v) is 10.2. The SMILES string of the molecule is COCCCNC(=O)CS(=O)(=O)Cc1nc(-c2cccc(Cl)c2)oc1C. The Morgan fingerprint density at radius 2 is 2.15 bits per heavy atom. The summed E-state index contributed by atoms with van der Waals surface area (Å²) in [7, 11) is -2.11. The Morgan fingerprint density at radius 3 is 2.85 bits per heavy atom. The molecule has 2 rings (SSSR count). The zero-order valence-electron chi connectivity index (χ0n) is 14.6. The molecule has 0 unspecified atom stereocenters. The Bertz CT molecular complexity index is 864. The van der Waals surface area contributed by atoms with E-state index in [0.717, 1.165) is 0 Å². The molecule has 1 aromatic carbocycles. The summed E-state index contributed by atoms with van der Waals surface area (Å²) in [6.07, 6.45) is 0.619. The van der Waals surface area contributed by atoms with Gasteiger partial charge in [0, 0.05) is 30.8 Å². The van der Waals surface area contributed by atoms with Gasteiger partial charge in [-0.3, -0.25) is 4.79 Å². The number of oxazole rings is 1. The Hall–Kier alpha value is -1.90. The normalized spacial score (nSPS) is 11.5. The molecule has 1 heterocycles. The lowest BCUT2D eigenvalue weighted by atomic mass is 10.2. The number of nitrogens with zero attached hydrogens (tertiary/aromatic N) is 1. The zero-order chi connectivity index (χ0) is 19.2. The number of nitrogens with one attached hydrogen (secondary N) is 1. The van der Waals surface area contributed by atoms with E-state index in [1.54, 1.807) is 38.3 Å². The first kappa shape index (κ1) is 20.4. The van der Waals surface area contributed by atoms with Gasteiger partial charge < -0.3 is 14.5 Å². The third-order valence-corrected chi connectivity index (χ3v) is 5.17. The molecule has 0 fully saturated rings. The maximum Gasteiger partial charge on any atom is 0.235 e. The average Bonchev–Trinajstić information content (AvgIpc) is 2.91. The molecule has 0 aliphatic heterocycles. The number of hydrogen-bond donors (Lipinski definition) is 1. The lowest BCUT2D eigenvalue weighted by Gasteiger charge is -2.05. The van der Waals surface area contributed by atoms with Gasteiger partial charge in [0.1, 0.15) is 11.5 Å². The van der Waals surface area contributed by atoms with E-state index in [0.29, 0.717) is 41.8 Å². The van der Waals surface area contributed by atoms with Gasteiger partial charge in [-0.15, -0.1) is 0 Å². The van der Waals surface area contributed by atoms with Crippen LogP contribution < -0.4 is 5.32 Å². The summed E-state index contributed by atoms with van der Waals surface area (Å²) < 4.78 is 34.9.